The predicted molar refractivity (Wildman–Crippen MR) is 70.9 cm³/mol. The zero-order valence-electron chi connectivity index (χ0n) is 11.1. The van der Waals surface area contributed by atoms with Crippen molar-refractivity contribution in [1.82, 2.24) is 9.78 Å². The van der Waals surface area contributed by atoms with Gasteiger partial charge in [0.25, 0.3) is 0 Å². The molecule has 1 heterocycles. The molecule has 0 amide bonds. The molecule has 0 saturated heterocycles. The molecule has 1 unspecified atom stereocenters. The highest BCUT2D eigenvalue weighted by molar-refractivity contribution is 5.00. The molecule has 1 atom stereocenters. The van der Waals surface area contributed by atoms with Crippen molar-refractivity contribution < 1.29 is 0 Å². The lowest BCUT2D eigenvalue weighted by Crippen LogP contribution is -2.28. The van der Waals surface area contributed by atoms with E-state index in [0.29, 0.717) is 12.1 Å². The molecule has 3 nitrogen and oxygen atoms in total. The summed E-state index contributed by atoms with van der Waals surface area (Å²) >= 11 is 0. The Morgan fingerprint density at radius 3 is 2.71 bits per heavy atom. The van der Waals surface area contributed by atoms with Crippen LogP contribution in [0.3, 0.4) is 0 Å². The number of aromatic nitrogens is 2. The quantitative estimate of drug-likeness (QED) is 0.852. The van der Waals surface area contributed by atoms with Crippen molar-refractivity contribution in [3.05, 3.63) is 18.0 Å². The fourth-order valence-electron chi connectivity index (χ4n) is 2.73. The van der Waals surface area contributed by atoms with Gasteiger partial charge in [-0.05, 0) is 51.5 Å². The Kier molecular flexibility index (Phi) is 4.21. The molecule has 1 aliphatic rings. The van der Waals surface area contributed by atoms with E-state index in [4.69, 9.17) is 5.73 Å². The van der Waals surface area contributed by atoms with Gasteiger partial charge in [-0.1, -0.05) is 12.8 Å². The third-order valence-electron chi connectivity index (χ3n) is 3.93. The largest absolute Gasteiger partial charge is 0.327 e. The Labute approximate surface area is 104 Å². The number of aryl methyl sites for hydroxylation is 1. The van der Waals surface area contributed by atoms with Crippen LogP contribution < -0.4 is 5.73 Å². The van der Waals surface area contributed by atoms with E-state index in [1.54, 1.807) is 0 Å². The molecule has 0 aromatic carbocycles. The van der Waals surface area contributed by atoms with Crippen molar-refractivity contribution in [2.24, 2.45) is 11.7 Å². The van der Waals surface area contributed by atoms with Crippen LogP contribution in [0.5, 0.6) is 0 Å². The first-order valence-electron chi connectivity index (χ1n) is 6.96. The summed E-state index contributed by atoms with van der Waals surface area (Å²) in [5.74, 6) is 0.766. The van der Waals surface area contributed by atoms with Crippen LogP contribution in [0.4, 0.5) is 0 Å². The first kappa shape index (κ1) is 12.6. The molecule has 17 heavy (non-hydrogen) atoms. The minimum absolute atomic E-state index is 0.377. The average molecular weight is 235 g/mol. The Morgan fingerprint density at radius 1 is 1.41 bits per heavy atom. The Hall–Kier alpha value is -0.830. The van der Waals surface area contributed by atoms with Crippen LogP contribution in [-0.4, -0.2) is 15.8 Å². The fraction of sp³-hybridized carbons (Fsp3) is 0.786. The highest BCUT2D eigenvalue weighted by atomic mass is 15.3. The molecule has 0 bridgehead atoms. The van der Waals surface area contributed by atoms with Gasteiger partial charge in [0.2, 0.25) is 0 Å². The molecule has 0 spiro atoms. The summed E-state index contributed by atoms with van der Waals surface area (Å²) in [7, 11) is 0. The number of nitrogens with zero attached hydrogens (tertiary/aromatic N) is 2. The average Bonchev–Trinajstić information content (AvgIpc) is 2.97. The van der Waals surface area contributed by atoms with E-state index in [2.05, 4.69) is 31.2 Å². The van der Waals surface area contributed by atoms with Gasteiger partial charge >= 0.3 is 0 Å². The first-order chi connectivity index (χ1) is 8.16. The summed E-state index contributed by atoms with van der Waals surface area (Å²) in [5, 5.41) is 4.57. The second kappa shape index (κ2) is 5.67. The van der Waals surface area contributed by atoms with Crippen molar-refractivity contribution in [1.29, 1.82) is 0 Å². The zero-order valence-corrected chi connectivity index (χ0v) is 11.1. The molecule has 1 aromatic rings. The van der Waals surface area contributed by atoms with Crippen LogP contribution in [-0.2, 0) is 6.42 Å². The topological polar surface area (TPSA) is 43.8 Å². The summed E-state index contributed by atoms with van der Waals surface area (Å²) in [6.07, 6.45) is 9.60. The fourth-order valence-corrected chi connectivity index (χ4v) is 2.73. The van der Waals surface area contributed by atoms with Crippen LogP contribution in [0.25, 0.3) is 0 Å². The monoisotopic (exact) mass is 235 g/mol. The molecule has 1 saturated carbocycles. The van der Waals surface area contributed by atoms with E-state index < -0.39 is 0 Å². The third kappa shape index (κ3) is 3.32. The summed E-state index contributed by atoms with van der Waals surface area (Å²) in [4.78, 5) is 0. The summed E-state index contributed by atoms with van der Waals surface area (Å²) in [5.41, 5.74) is 7.45. The van der Waals surface area contributed by atoms with Crippen LogP contribution in [0.1, 0.15) is 57.7 Å². The first-order valence-corrected chi connectivity index (χ1v) is 6.96. The van der Waals surface area contributed by atoms with E-state index in [9.17, 15) is 0 Å². The highest BCUT2D eigenvalue weighted by Gasteiger charge is 2.21. The minimum Gasteiger partial charge on any atom is -0.327 e. The molecule has 1 aliphatic carbocycles. The second-order valence-electron chi connectivity index (χ2n) is 5.63. The molecule has 96 valence electrons. The summed E-state index contributed by atoms with van der Waals surface area (Å²) in [6, 6.07) is 2.95. The molecular formula is C14H25N3. The molecule has 1 aromatic heterocycles. The van der Waals surface area contributed by atoms with E-state index in [-0.39, 0.29) is 0 Å². The van der Waals surface area contributed by atoms with Gasteiger partial charge in [-0.25, -0.2) is 0 Å². The SMILES string of the molecule is CC(C)n1ccc(CCC(N)C2CCCC2)n1. The van der Waals surface area contributed by atoms with Gasteiger partial charge in [-0.15, -0.1) is 0 Å². The van der Waals surface area contributed by atoms with Crippen molar-refractivity contribution in [2.75, 3.05) is 0 Å². The zero-order chi connectivity index (χ0) is 12.3. The lowest BCUT2D eigenvalue weighted by atomic mass is 9.94. The molecular weight excluding hydrogens is 210 g/mol. The number of rotatable bonds is 5. The third-order valence-corrected chi connectivity index (χ3v) is 3.93. The molecule has 0 radical (unpaired) electrons. The standard InChI is InChI=1S/C14H25N3/c1-11(2)17-10-9-13(16-17)7-8-14(15)12-5-3-4-6-12/h9-12,14H,3-8,15H2,1-2H3. The van der Waals surface area contributed by atoms with Crippen molar-refractivity contribution in [3.63, 3.8) is 0 Å². The Balaban J connectivity index is 1.80. The maximum Gasteiger partial charge on any atom is 0.0625 e. The van der Waals surface area contributed by atoms with Gasteiger partial charge in [0.1, 0.15) is 0 Å². The van der Waals surface area contributed by atoms with Gasteiger partial charge in [-0.2, -0.15) is 5.10 Å². The lowest BCUT2D eigenvalue weighted by molar-refractivity contribution is 0.407. The van der Waals surface area contributed by atoms with Gasteiger partial charge in [-0.3, -0.25) is 4.68 Å². The van der Waals surface area contributed by atoms with E-state index >= 15 is 0 Å². The van der Waals surface area contributed by atoms with E-state index in [1.165, 1.54) is 31.4 Å². The molecule has 2 rings (SSSR count). The van der Waals surface area contributed by atoms with Crippen LogP contribution in [0.15, 0.2) is 12.3 Å². The Bertz CT molecular complexity index is 337. The smallest absolute Gasteiger partial charge is 0.0625 e. The van der Waals surface area contributed by atoms with Gasteiger partial charge < -0.3 is 5.73 Å². The van der Waals surface area contributed by atoms with Crippen molar-refractivity contribution in [3.8, 4) is 0 Å². The minimum atomic E-state index is 0.377. The van der Waals surface area contributed by atoms with Crippen LogP contribution in [0.2, 0.25) is 0 Å². The predicted octanol–water partition coefficient (Wildman–Crippen LogP) is 2.91. The normalized spacial score (nSPS) is 19.1. The molecule has 1 fully saturated rings. The van der Waals surface area contributed by atoms with Gasteiger partial charge in [0.05, 0.1) is 5.69 Å². The number of hydrogen-bond donors (Lipinski definition) is 1. The second-order valence-corrected chi connectivity index (χ2v) is 5.63. The van der Waals surface area contributed by atoms with Gasteiger partial charge in [0, 0.05) is 18.3 Å². The van der Waals surface area contributed by atoms with Crippen LogP contribution >= 0.6 is 0 Å². The lowest BCUT2D eigenvalue weighted by Gasteiger charge is -2.17. The van der Waals surface area contributed by atoms with Crippen molar-refractivity contribution in [2.45, 2.75) is 64.5 Å². The Morgan fingerprint density at radius 2 is 2.12 bits per heavy atom. The van der Waals surface area contributed by atoms with Crippen LogP contribution in [0, 0.1) is 5.92 Å². The number of hydrogen-bond acceptors (Lipinski definition) is 2. The summed E-state index contributed by atoms with van der Waals surface area (Å²) in [6.45, 7) is 4.31. The van der Waals surface area contributed by atoms with E-state index in [1.807, 2.05) is 4.68 Å². The highest BCUT2D eigenvalue weighted by Crippen LogP contribution is 2.28. The van der Waals surface area contributed by atoms with Gasteiger partial charge in [0.15, 0.2) is 0 Å². The van der Waals surface area contributed by atoms with Crippen molar-refractivity contribution >= 4 is 0 Å². The number of nitrogens with two attached hydrogens (primary N) is 1. The molecule has 3 heteroatoms. The molecule has 0 aliphatic heterocycles. The maximum atomic E-state index is 6.26. The maximum absolute atomic E-state index is 6.26. The summed E-state index contributed by atoms with van der Waals surface area (Å²) < 4.78 is 2.02. The molecule has 2 N–H and O–H groups in total. The van der Waals surface area contributed by atoms with E-state index in [0.717, 1.165) is 18.8 Å².